The molecule has 1 aromatic heterocycles. The lowest BCUT2D eigenvalue weighted by Gasteiger charge is -2.19. The number of carbonyl (C=O) groups excluding carboxylic acids is 2. The first-order valence-corrected chi connectivity index (χ1v) is 12.0. The maximum absolute atomic E-state index is 13.1. The molecular formula is C23H27Cl2NO4S. The molecule has 5 nitrogen and oxygen atoms in total. The van der Waals surface area contributed by atoms with Gasteiger partial charge >= 0.3 is 5.97 Å². The number of hydrogen-bond acceptors (Lipinski definition) is 5. The largest absolute Gasteiger partial charge is 0.479 e. The van der Waals surface area contributed by atoms with Gasteiger partial charge in [-0.2, -0.15) is 0 Å². The Labute approximate surface area is 197 Å². The van der Waals surface area contributed by atoms with Crippen LogP contribution < -0.4 is 10.1 Å². The van der Waals surface area contributed by atoms with Gasteiger partial charge in [0.25, 0.3) is 5.91 Å². The van der Waals surface area contributed by atoms with E-state index in [1.807, 2.05) is 20.8 Å². The number of benzene rings is 1. The summed E-state index contributed by atoms with van der Waals surface area (Å²) in [5.74, 6) is 0.142. The zero-order valence-electron chi connectivity index (χ0n) is 18.1. The number of rotatable bonds is 7. The van der Waals surface area contributed by atoms with Crippen molar-refractivity contribution in [2.75, 3.05) is 5.32 Å². The van der Waals surface area contributed by atoms with Crippen molar-refractivity contribution in [3.05, 3.63) is 44.2 Å². The molecule has 1 heterocycles. The fraction of sp³-hybridized carbons (Fsp3) is 0.478. The highest BCUT2D eigenvalue weighted by Crippen LogP contribution is 2.40. The minimum Gasteiger partial charge on any atom is -0.479 e. The van der Waals surface area contributed by atoms with E-state index < -0.39 is 12.1 Å². The van der Waals surface area contributed by atoms with Gasteiger partial charge in [-0.1, -0.05) is 37.0 Å². The number of carbonyl (C=O) groups is 2. The van der Waals surface area contributed by atoms with Crippen LogP contribution in [0.15, 0.2) is 18.2 Å². The van der Waals surface area contributed by atoms with Crippen LogP contribution in [0.5, 0.6) is 5.75 Å². The lowest BCUT2D eigenvalue weighted by Crippen LogP contribution is -2.32. The van der Waals surface area contributed by atoms with E-state index in [1.165, 1.54) is 11.3 Å². The highest BCUT2D eigenvalue weighted by Gasteiger charge is 2.31. The maximum atomic E-state index is 13.1. The van der Waals surface area contributed by atoms with Crippen molar-refractivity contribution in [2.24, 2.45) is 5.92 Å². The molecule has 8 heteroatoms. The Hall–Kier alpha value is -1.76. The quantitative estimate of drug-likeness (QED) is 0.453. The summed E-state index contributed by atoms with van der Waals surface area (Å²) in [4.78, 5) is 27.1. The van der Waals surface area contributed by atoms with Gasteiger partial charge < -0.3 is 14.8 Å². The summed E-state index contributed by atoms with van der Waals surface area (Å²) in [6.45, 7) is 7.67. The first kappa shape index (κ1) is 23.9. The van der Waals surface area contributed by atoms with Crippen LogP contribution in [0.3, 0.4) is 0 Å². The molecule has 2 aromatic rings. The summed E-state index contributed by atoms with van der Waals surface area (Å²) in [5.41, 5.74) is 1.47. The molecule has 0 spiro atoms. The van der Waals surface area contributed by atoms with Crippen molar-refractivity contribution >= 4 is 51.4 Å². The Morgan fingerprint density at radius 1 is 1.29 bits per heavy atom. The molecule has 1 N–H and O–H groups in total. The van der Waals surface area contributed by atoms with E-state index in [9.17, 15) is 9.59 Å². The van der Waals surface area contributed by atoms with E-state index in [-0.39, 0.29) is 12.0 Å². The molecule has 168 valence electrons. The van der Waals surface area contributed by atoms with Gasteiger partial charge in [0.1, 0.15) is 10.8 Å². The molecule has 1 aromatic carbocycles. The van der Waals surface area contributed by atoms with E-state index >= 15 is 0 Å². The van der Waals surface area contributed by atoms with E-state index in [1.54, 1.807) is 18.2 Å². The predicted molar refractivity (Wildman–Crippen MR) is 126 cm³/mol. The minimum absolute atomic E-state index is 0.245. The molecule has 3 rings (SSSR count). The third-order valence-electron chi connectivity index (χ3n) is 5.12. The molecule has 0 saturated carbocycles. The number of ether oxygens (including phenoxy) is 2. The molecule has 0 aliphatic heterocycles. The molecule has 0 radical (unpaired) electrons. The normalized spacial score (nSPS) is 16.5. The maximum Gasteiger partial charge on any atom is 0.341 e. The fourth-order valence-electron chi connectivity index (χ4n) is 3.56. The molecule has 1 aliphatic carbocycles. The van der Waals surface area contributed by atoms with E-state index in [0.29, 0.717) is 38.7 Å². The smallest absolute Gasteiger partial charge is 0.341 e. The third-order valence-corrected chi connectivity index (χ3v) is 6.84. The monoisotopic (exact) mass is 483 g/mol. The predicted octanol–water partition coefficient (Wildman–Crippen LogP) is 6.54. The summed E-state index contributed by atoms with van der Waals surface area (Å²) in [5, 5.41) is 4.28. The summed E-state index contributed by atoms with van der Waals surface area (Å²) in [6.07, 6.45) is 2.09. The molecule has 0 fully saturated rings. The van der Waals surface area contributed by atoms with Crippen molar-refractivity contribution in [3.63, 3.8) is 0 Å². The summed E-state index contributed by atoms with van der Waals surface area (Å²) in [6, 6.07) is 4.86. The molecule has 2 atom stereocenters. The standard InChI is InChI=1S/C23H27Cl2NO4S/c1-5-17(30-18-11-14(24)7-9-16(18)25)21(27)26-22-20(23(28)29-12(2)3)15-8-6-13(4)10-19(15)31-22/h7,9,11-13,17H,5-6,8,10H2,1-4H3,(H,26,27)/t13-,17-/m0/s1. The molecule has 0 unspecified atom stereocenters. The van der Waals surface area contributed by atoms with Gasteiger partial charge in [0.2, 0.25) is 0 Å². The van der Waals surface area contributed by atoms with Gasteiger partial charge in [-0.25, -0.2) is 4.79 Å². The number of fused-ring (bicyclic) bond motifs is 1. The van der Waals surface area contributed by atoms with Crippen molar-refractivity contribution in [3.8, 4) is 5.75 Å². The molecule has 0 saturated heterocycles. The summed E-state index contributed by atoms with van der Waals surface area (Å²) in [7, 11) is 0. The SMILES string of the molecule is CC[C@H](Oc1cc(Cl)ccc1Cl)C(=O)Nc1sc2c(c1C(=O)OC(C)C)CC[C@H](C)C2. The van der Waals surface area contributed by atoms with Crippen molar-refractivity contribution in [1.82, 2.24) is 0 Å². The van der Waals surface area contributed by atoms with Crippen LogP contribution in [-0.2, 0) is 22.4 Å². The molecule has 31 heavy (non-hydrogen) atoms. The van der Waals surface area contributed by atoms with Crippen LogP contribution in [0.25, 0.3) is 0 Å². The third kappa shape index (κ3) is 5.73. The lowest BCUT2D eigenvalue weighted by atomic mass is 9.88. The van der Waals surface area contributed by atoms with Crippen LogP contribution in [0.2, 0.25) is 10.0 Å². The Kier molecular flexibility index (Phi) is 7.89. The van der Waals surface area contributed by atoms with E-state index in [4.69, 9.17) is 32.7 Å². The van der Waals surface area contributed by atoms with Gasteiger partial charge in [0.05, 0.1) is 16.7 Å². The zero-order chi connectivity index (χ0) is 22.7. The highest BCUT2D eigenvalue weighted by molar-refractivity contribution is 7.17. The lowest BCUT2D eigenvalue weighted by molar-refractivity contribution is -0.122. The Morgan fingerprint density at radius 2 is 2.03 bits per heavy atom. The van der Waals surface area contributed by atoms with E-state index in [2.05, 4.69) is 12.2 Å². The Bertz CT molecular complexity index is 973. The van der Waals surface area contributed by atoms with Crippen molar-refractivity contribution in [2.45, 2.75) is 65.6 Å². The first-order chi connectivity index (χ1) is 14.7. The topological polar surface area (TPSA) is 64.6 Å². The van der Waals surface area contributed by atoms with Crippen molar-refractivity contribution < 1.29 is 19.1 Å². The number of halogens is 2. The van der Waals surface area contributed by atoms with Gasteiger partial charge in [-0.05, 0) is 63.1 Å². The van der Waals surface area contributed by atoms with Crippen LogP contribution in [-0.4, -0.2) is 24.1 Å². The van der Waals surface area contributed by atoms with Crippen LogP contribution in [0.1, 0.15) is 61.3 Å². The number of amides is 1. The first-order valence-electron chi connectivity index (χ1n) is 10.5. The second kappa shape index (κ2) is 10.2. The second-order valence-corrected chi connectivity index (χ2v) is 10.0. The zero-order valence-corrected chi connectivity index (χ0v) is 20.4. The van der Waals surface area contributed by atoms with Gasteiger partial charge in [-0.3, -0.25) is 4.79 Å². The molecule has 1 amide bonds. The summed E-state index contributed by atoms with van der Waals surface area (Å²) >= 11 is 13.7. The Morgan fingerprint density at radius 3 is 2.71 bits per heavy atom. The van der Waals surface area contributed by atoms with E-state index in [0.717, 1.165) is 29.7 Å². The molecular weight excluding hydrogens is 457 g/mol. The number of thiophene rings is 1. The van der Waals surface area contributed by atoms with Crippen LogP contribution in [0, 0.1) is 5.92 Å². The average Bonchev–Trinajstić information content (AvgIpc) is 3.04. The fourth-order valence-corrected chi connectivity index (χ4v) is 5.29. The second-order valence-electron chi connectivity index (χ2n) is 8.09. The molecule has 1 aliphatic rings. The van der Waals surface area contributed by atoms with Crippen molar-refractivity contribution in [1.29, 1.82) is 0 Å². The average molecular weight is 484 g/mol. The highest BCUT2D eigenvalue weighted by atomic mass is 35.5. The van der Waals surface area contributed by atoms with Crippen LogP contribution in [0.4, 0.5) is 5.00 Å². The van der Waals surface area contributed by atoms with Gasteiger partial charge in [-0.15, -0.1) is 11.3 Å². The number of esters is 1. The number of nitrogens with one attached hydrogen (secondary N) is 1. The van der Waals surface area contributed by atoms with Gasteiger partial charge in [0, 0.05) is 16.0 Å². The minimum atomic E-state index is -0.789. The van der Waals surface area contributed by atoms with Crippen LogP contribution >= 0.6 is 34.5 Å². The Balaban J connectivity index is 1.86. The summed E-state index contributed by atoms with van der Waals surface area (Å²) < 4.78 is 11.3. The number of hydrogen-bond donors (Lipinski definition) is 1. The number of anilines is 1. The molecule has 0 bridgehead atoms. The van der Waals surface area contributed by atoms with Gasteiger partial charge in [0.15, 0.2) is 6.10 Å².